The second kappa shape index (κ2) is 11.1. The number of para-hydroxylation sites is 2. The van der Waals surface area contributed by atoms with E-state index in [4.69, 9.17) is 26.1 Å². The summed E-state index contributed by atoms with van der Waals surface area (Å²) < 4.78 is 13.7. The maximum absolute atomic E-state index is 12.8. The molecule has 0 bridgehead atoms. The lowest BCUT2D eigenvalue weighted by molar-refractivity contribution is 0.0937. The number of allylic oxidation sites excluding steroid dienone is 1. The normalized spacial score (nSPS) is 11.7. The van der Waals surface area contributed by atoms with Gasteiger partial charge in [0.05, 0.1) is 30.7 Å². The molecule has 1 unspecified atom stereocenters. The van der Waals surface area contributed by atoms with Gasteiger partial charge in [0.25, 0.3) is 5.91 Å². The van der Waals surface area contributed by atoms with Gasteiger partial charge >= 0.3 is 0 Å². The first kappa shape index (κ1) is 24.4. The van der Waals surface area contributed by atoms with Crippen molar-refractivity contribution in [3.8, 4) is 11.5 Å². The van der Waals surface area contributed by atoms with Crippen molar-refractivity contribution in [3.63, 3.8) is 0 Å². The summed E-state index contributed by atoms with van der Waals surface area (Å²) in [6.45, 7) is 6.67. The largest absolute Gasteiger partial charge is 0.493 e. The van der Waals surface area contributed by atoms with Crippen LogP contribution in [0, 0.1) is 0 Å². The van der Waals surface area contributed by atoms with Crippen molar-refractivity contribution in [1.29, 1.82) is 0 Å². The van der Waals surface area contributed by atoms with Gasteiger partial charge in [0, 0.05) is 10.6 Å². The van der Waals surface area contributed by atoms with Gasteiger partial charge in [-0.15, -0.1) is 6.58 Å². The molecule has 0 fully saturated rings. The Labute approximate surface area is 210 Å². The summed E-state index contributed by atoms with van der Waals surface area (Å²) in [4.78, 5) is 17.6. The second-order valence-electron chi connectivity index (χ2n) is 8.14. The van der Waals surface area contributed by atoms with Crippen LogP contribution in [0.5, 0.6) is 11.5 Å². The van der Waals surface area contributed by atoms with E-state index in [0.717, 1.165) is 28.8 Å². The number of nitrogens with one attached hydrogen (secondary N) is 1. The standard InChI is InChI=1S/C28H28ClN3O3/c1-4-7-20-10-15-25(26(18-20)34-3)35-17-16-32-24-9-6-5-8-23(24)31-27(32)19(2)30-28(33)21-11-13-22(29)14-12-21/h4-6,8-15,18-19H,1,7,16-17H2,2-3H3,(H,30,33). The lowest BCUT2D eigenvalue weighted by Crippen LogP contribution is -2.29. The number of carbonyl (C=O) groups excluding carboxylic acids is 1. The van der Waals surface area contributed by atoms with Crippen LogP contribution in [0.25, 0.3) is 11.0 Å². The van der Waals surface area contributed by atoms with Crippen LogP contribution in [-0.2, 0) is 13.0 Å². The van der Waals surface area contributed by atoms with E-state index < -0.39 is 0 Å². The Hall–Kier alpha value is -3.77. The Bertz CT molecular complexity index is 1330. The van der Waals surface area contributed by atoms with Crippen molar-refractivity contribution in [3.05, 3.63) is 101 Å². The van der Waals surface area contributed by atoms with Crippen molar-refractivity contribution >= 4 is 28.5 Å². The zero-order valence-corrected chi connectivity index (χ0v) is 20.6. The van der Waals surface area contributed by atoms with Crippen molar-refractivity contribution < 1.29 is 14.3 Å². The van der Waals surface area contributed by atoms with Crippen LogP contribution in [0.1, 0.15) is 34.7 Å². The predicted octanol–water partition coefficient (Wildman–Crippen LogP) is 6.00. The molecule has 0 saturated carbocycles. The number of benzene rings is 3. The maximum atomic E-state index is 12.8. The van der Waals surface area contributed by atoms with Gasteiger partial charge in [-0.05, 0) is 67.4 Å². The van der Waals surface area contributed by atoms with E-state index in [1.807, 2.05) is 55.5 Å². The minimum absolute atomic E-state index is 0.187. The Morgan fingerprint density at radius 3 is 2.66 bits per heavy atom. The van der Waals surface area contributed by atoms with Gasteiger partial charge in [-0.25, -0.2) is 4.98 Å². The number of rotatable bonds is 10. The summed E-state index contributed by atoms with van der Waals surface area (Å²) in [7, 11) is 1.63. The number of ether oxygens (including phenoxy) is 2. The molecule has 0 radical (unpaired) electrons. The van der Waals surface area contributed by atoms with Crippen LogP contribution < -0.4 is 14.8 Å². The number of halogens is 1. The molecule has 0 saturated heterocycles. The molecule has 0 aliphatic rings. The van der Waals surface area contributed by atoms with Crippen LogP contribution in [0.2, 0.25) is 5.02 Å². The first-order valence-electron chi connectivity index (χ1n) is 11.4. The van der Waals surface area contributed by atoms with E-state index in [0.29, 0.717) is 35.2 Å². The highest BCUT2D eigenvalue weighted by atomic mass is 35.5. The van der Waals surface area contributed by atoms with E-state index in [-0.39, 0.29) is 11.9 Å². The zero-order valence-electron chi connectivity index (χ0n) is 19.8. The first-order valence-corrected chi connectivity index (χ1v) is 11.8. The van der Waals surface area contributed by atoms with Crippen molar-refractivity contribution in [2.75, 3.05) is 13.7 Å². The number of carbonyl (C=O) groups is 1. The van der Waals surface area contributed by atoms with Gasteiger partial charge in [-0.1, -0.05) is 35.9 Å². The monoisotopic (exact) mass is 489 g/mol. The highest BCUT2D eigenvalue weighted by Crippen LogP contribution is 2.29. The summed E-state index contributed by atoms with van der Waals surface area (Å²) in [5.74, 6) is 1.93. The van der Waals surface area contributed by atoms with E-state index in [1.54, 1.807) is 31.4 Å². The lowest BCUT2D eigenvalue weighted by Gasteiger charge is -2.17. The Kier molecular flexibility index (Phi) is 7.73. The number of imidazole rings is 1. The van der Waals surface area contributed by atoms with Crippen LogP contribution in [-0.4, -0.2) is 29.2 Å². The van der Waals surface area contributed by atoms with Crippen LogP contribution in [0.15, 0.2) is 79.4 Å². The molecule has 1 N–H and O–H groups in total. The first-order chi connectivity index (χ1) is 17.0. The summed E-state index contributed by atoms with van der Waals surface area (Å²) >= 11 is 5.95. The minimum Gasteiger partial charge on any atom is -0.493 e. The molecular formula is C28H28ClN3O3. The van der Waals surface area contributed by atoms with E-state index in [9.17, 15) is 4.79 Å². The third-order valence-electron chi connectivity index (χ3n) is 5.71. The van der Waals surface area contributed by atoms with E-state index in [1.165, 1.54) is 0 Å². The number of hydrogen-bond acceptors (Lipinski definition) is 4. The number of methoxy groups -OCH3 is 1. The predicted molar refractivity (Wildman–Crippen MR) is 139 cm³/mol. The molecule has 7 heteroatoms. The summed E-state index contributed by atoms with van der Waals surface area (Å²) in [6.07, 6.45) is 2.62. The third-order valence-corrected chi connectivity index (χ3v) is 5.96. The van der Waals surface area contributed by atoms with E-state index in [2.05, 4.69) is 16.5 Å². The highest BCUT2D eigenvalue weighted by molar-refractivity contribution is 6.30. The Balaban J connectivity index is 1.52. The van der Waals surface area contributed by atoms with E-state index >= 15 is 0 Å². The fourth-order valence-corrected chi connectivity index (χ4v) is 4.10. The maximum Gasteiger partial charge on any atom is 0.251 e. The topological polar surface area (TPSA) is 65.4 Å². The van der Waals surface area contributed by atoms with Crippen LogP contribution in [0.4, 0.5) is 0 Å². The summed E-state index contributed by atoms with van der Waals surface area (Å²) in [5.41, 5.74) is 3.49. The van der Waals surface area contributed by atoms with Crippen LogP contribution >= 0.6 is 11.6 Å². The summed E-state index contributed by atoms with van der Waals surface area (Å²) in [5, 5.41) is 3.63. The van der Waals surface area contributed by atoms with Gasteiger partial charge < -0.3 is 19.4 Å². The number of fused-ring (bicyclic) bond motifs is 1. The Morgan fingerprint density at radius 2 is 1.91 bits per heavy atom. The molecule has 1 atom stereocenters. The third kappa shape index (κ3) is 5.66. The molecule has 4 rings (SSSR count). The molecule has 35 heavy (non-hydrogen) atoms. The van der Waals surface area contributed by atoms with Crippen LogP contribution in [0.3, 0.4) is 0 Å². The number of amides is 1. The molecule has 1 amide bonds. The highest BCUT2D eigenvalue weighted by Gasteiger charge is 2.19. The molecule has 0 aliphatic carbocycles. The van der Waals surface area contributed by atoms with Crippen molar-refractivity contribution in [2.45, 2.75) is 25.9 Å². The molecular weight excluding hydrogens is 462 g/mol. The molecule has 1 heterocycles. The minimum atomic E-state index is -0.321. The molecule has 3 aromatic carbocycles. The van der Waals surface area contributed by atoms with Gasteiger partial charge in [0.15, 0.2) is 11.5 Å². The van der Waals surface area contributed by atoms with Gasteiger partial charge in [-0.2, -0.15) is 0 Å². The average Bonchev–Trinajstić information content (AvgIpc) is 3.24. The second-order valence-corrected chi connectivity index (χ2v) is 8.58. The zero-order chi connectivity index (χ0) is 24.8. The molecule has 6 nitrogen and oxygen atoms in total. The number of aromatic nitrogens is 2. The fraction of sp³-hybridized carbons (Fsp3) is 0.214. The molecule has 1 aromatic heterocycles. The molecule has 0 spiro atoms. The fourth-order valence-electron chi connectivity index (χ4n) is 3.98. The molecule has 4 aromatic rings. The van der Waals surface area contributed by atoms with Crippen molar-refractivity contribution in [1.82, 2.24) is 14.9 Å². The van der Waals surface area contributed by atoms with Gasteiger partial charge in [0.1, 0.15) is 12.4 Å². The quantitative estimate of drug-likeness (QED) is 0.277. The molecule has 180 valence electrons. The van der Waals surface area contributed by atoms with Gasteiger partial charge in [-0.3, -0.25) is 4.79 Å². The number of hydrogen-bond donors (Lipinski definition) is 1. The van der Waals surface area contributed by atoms with Crippen molar-refractivity contribution in [2.24, 2.45) is 0 Å². The number of nitrogens with zero attached hydrogens (tertiary/aromatic N) is 2. The summed E-state index contributed by atoms with van der Waals surface area (Å²) in [6, 6.07) is 20.3. The molecule has 0 aliphatic heterocycles. The van der Waals surface area contributed by atoms with Gasteiger partial charge in [0.2, 0.25) is 0 Å². The lowest BCUT2D eigenvalue weighted by atomic mass is 10.1. The Morgan fingerprint density at radius 1 is 1.14 bits per heavy atom. The average molecular weight is 490 g/mol. The SMILES string of the molecule is C=CCc1ccc(OCCn2c(C(C)NC(=O)c3ccc(Cl)cc3)nc3ccccc32)c(OC)c1. The smallest absolute Gasteiger partial charge is 0.251 e.